The molecule has 4 aromatic rings. The molecule has 1 unspecified atom stereocenters. The van der Waals surface area contributed by atoms with Crippen molar-refractivity contribution >= 4 is 17.6 Å². The van der Waals surface area contributed by atoms with Gasteiger partial charge in [-0.05, 0) is 49.6 Å². The summed E-state index contributed by atoms with van der Waals surface area (Å²) in [6.07, 6.45) is 0.283. The first-order valence-corrected chi connectivity index (χ1v) is 14.1. The summed E-state index contributed by atoms with van der Waals surface area (Å²) in [5.74, 6) is 0.443. The third-order valence-electron chi connectivity index (χ3n) is 6.85. The zero-order valence-corrected chi connectivity index (χ0v) is 24.3. The van der Waals surface area contributed by atoms with Crippen molar-refractivity contribution in [3.63, 3.8) is 0 Å². The van der Waals surface area contributed by atoms with E-state index in [9.17, 15) is 9.90 Å². The average Bonchev–Trinajstić information content (AvgIpc) is 2.95. The summed E-state index contributed by atoms with van der Waals surface area (Å²) in [6, 6.07) is 29.0. The van der Waals surface area contributed by atoms with E-state index in [1.807, 2.05) is 66.7 Å². The van der Waals surface area contributed by atoms with E-state index in [1.54, 1.807) is 0 Å². The number of halogens is 1. The summed E-state index contributed by atoms with van der Waals surface area (Å²) in [5.41, 5.74) is 12.2. The van der Waals surface area contributed by atoms with Crippen molar-refractivity contribution in [1.29, 1.82) is 0 Å². The van der Waals surface area contributed by atoms with E-state index < -0.39 is 12.0 Å². The second-order valence-corrected chi connectivity index (χ2v) is 10.7. The number of nitrogens with two attached hydrogens (primary N) is 1. The summed E-state index contributed by atoms with van der Waals surface area (Å²) in [5, 5.41) is 9.98. The Balaban J connectivity index is 1.55. The number of hydrogen-bond acceptors (Lipinski definition) is 5. The number of aliphatic carboxylic acids is 1. The van der Waals surface area contributed by atoms with Crippen LogP contribution in [0.25, 0.3) is 0 Å². The number of carbonyl (C=O) groups is 1. The van der Waals surface area contributed by atoms with Crippen LogP contribution in [0.1, 0.15) is 39.8 Å². The van der Waals surface area contributed by atoms with Gasteiger partial charge in [-0.3, -0.25) is 9.69 Å². The molecule has 0 aliphatic carbocycles. The van der Waals surface area contributed by atoms with Crippen molar-refractivity contribution in [1.82, 2.24) is 4.90 Å². The highest BCUT2D eigenvalue weighted by molar-refractivity contribution is 6.31. The van der Waals surface area contributed by atoms with Gasteiger partial charge in [-0.15, -0.1) is 0 Å². The van der Waals surface area contributed by atoms with Crippen LogP contribution in [-0.4, -0.2) is 28.6 Å². The molecule has 4 rings (SSSR count). The summed E-state index contributed by atoms with van der Waals surface area (Å²) in [4.78, 5) is 13.6. The molecule has 0 aliphatic heterocycles. The molecule has 6 nitrogen and oxygen atoms in total. The molecule has 214 valence electrons. The fourth-order valence-electron chi connectivity index (χ4n) is 4.65. The van der Waals surface area contributed by atoms with Gasteiger partial charge in [0, 0.05) is 35.8 Å². The molecule has 0 spiro atoms. The summed E-state index contributed by atoms with van der Waals surface area (Å²) in [6.45, 7) is 6.38. The Morgan fingerprint density at radius 3 is 2.05 bits per heavy atom. The Kier molecular flexibility index (Phi) is 10.8. The molecule has 0 aliphatic rings. The molecule has 3 N–H and O–H groups in total. The Labute approximate surface area is 247 Å². The van der Waals surface area contributed by atoms with Gasteiger partial charge >= 0.3 is 5.97 Å². The number of aryl methyl sites for hydroxylation is 2. The van der Waals surface area contributed by atoms with Gasteiger partial charge in [0.05, 0.1) is 0 Å². The molecule has 41 heavy (non-hydrogen) atoms. The van der Waals surface area contributed by atoms with Crippen molar-refractivity contribution in [3.05, 3.63) is 129 Å². The topological polar surface area (TPSA) is 85.0 Å². The molecule has 0 saturated carbocycles. The highest BCUT2D eigenvalue weighted by Gasteiger charge is 2.19. The summed E-state index contributed by atoms with van der Waals surface area (Å²) in [7, 11) is 0. The van der Waals surface area contributed by atoms with Gasteiger partial charge in [0.15, 0.2) is 0 Å². The van der Waals surface area contributed by atoms with Crippen molar-refractivity contribution in [2.24, 2.45) is 5.73 Å². The van der Waals surface area contributed by atoms with Gasteiger partial charge in [0.25, 0.3) is 0 Å². The number of nitrogens with zero attached hydrogens (tertiary/aromatic N) is 1. The van der Waals surface area contributed by atoms with E-state index in [4.69, 9.17) is 26.8 Å². The minimum absolute atomic E-state index is 0.283. The number of carboxylic acid groups (broad SMARTS) is 1. The number of carboxylic acids is 1. The normalized spacial score (nSPS) is 11.8. The average molecular weight is 573 g/mol. The van der Waals surface area contributed by atoms with E-state index >= 15 is 0 Å². The lowest BCUT2D eigenvalue weighted by Crippen LogP contribution is -2.35. The van der Waals surface area contributed by atoms with Crippen LogP contribution in [0.15, 0.2) is 91.0 Å². The largest absolute Gasteiger partial charge is 0.489 e. The van der Waals surface area contributed by atoms with Crippen molar-refractivity contribution in [2.45, 2.75) is 52.6 Å². The highest BCUT2D eigenvalue weighted by atomic mass is 35.5. The van der Waals surface area contributed by atoms with Gasteiger partial charge in [0.2, 0.25) is 0 Å². The maximum Gasteiger partial charge on any atom is 0.320 e. The standard InChI is InChI=1S/C34H37ClN2O4/c1-24-8-5-10-26(18-24)22-40-32-14-4-3-12-28(32)20-37(17-16-31(36)34(38)39)21-29-30(35)13-7-15-33(29)41-23-27-11-6-9-25(2)19-27/h3-15,18-19,31H,16-17,20-23,36H2,1-2H3,(H,38,39). The number of ether oxygens (including phenoxy) is 2. The molecule has 0 aromatic heterocycles. The monoisotopic (exact) mass is 572 g/mol. The lowest BCUT2D eigenvalue weighted by molar-refractivity contribution is -0.138. The van der Waals surface area contributed by atoms with Gasteiger partial charge in [-0.25, -0.2) is 0 Å². The van der Waals surface area contributed by atoms with Crippen LogP contribution in [0.5, 0.6) is 11.5 Å². The fraction of sp³-hybridized carbons (Fsp3) is 0.265. The zero-order valence-electron chi connectivity index (χ0n) is 23.6. The second kappa shape index (κ2) is 14.7. The third-order valence-corrected chi connectivity index (χ3v) is 7.21. The Morgan fingerprint density at radius 1 is 0.829 bits per heavy atom. The molecular formula is C34H37ClN2O4. The van der Waals surface area contributed by atoms with Crippen LogP contribution in [0.4, 0.5) is 0 Å². The number of rotatable bonds is 14. The van der Waals surface area contributed by atoms with E-state index in [1.165, 1.54) is 11.1 Å². The molecule has 0 fully saturated rings. The number of para-hydroxylation sites is 1. The molecule has 0 saturated heterocycles. The lowest BCUT2D eigenvalue weighted by atomic mass is 10.1. The number of hydrogen-bond donors (Lipinski definition) is 2. The van der Waals surface area contributed by atoms with Gasteiger partial charge in [-0.2, -0.15) is 0 Å². The van der Waals surface area contributed by atoms with Crippen molar-refractivity contribution in [2.75, 3.05) is 6.54 Å². The van der Waals surface area contributed by atoms with Crippen molar-refractivity contribution in [3.8, 4) is 11.5 Å². The second-order valence-electron chi connectivity index (χ2n) is 10.3. The quantitative estimate of drug-likeness (QED) is 0.171. The minimum atomic E-state index is -1.02. The first-order chi connectivity index (χ1) is 19.8. The first-order valence-electron chi connectivity index (χ1n) is 13.7. The van der Waals surface area contributed by atoms with E-state index in [0.29, 0.717) is 43.6 Å². The van der Waals surface area contributed by atoms with Gasteiger partial charge in [0.1, 0.15) is 30.8 Å². The third kappa shape index (κ3) is 9.08. The van der Waals surface area contributed by atoms with E-state index in [-0.39, 0.29) is 6.42 Å². The van der Waals surface area contributed by atoms with Crippen molar-refractivity contribution < 1.29 is 19.4 Å². The van der Waals surface area contributed by atoms with Crippen LogP contribution in [-0.2, 0) is 31.1 Å². The van der Waals surface area contributed by atoms with Crippen LogP contribution < -0.4 is 15.2 Å². The fourth-order valence-corrected chi connectivity index (χ4v) is 4.88. The van der Waals surface area contributed by atoms with Gasteiger partial charge < -0.3 is 20.3 Å². The van der Waals surface area contributed by atoms with E-state index in [0.717, 1.165) is 28.0 Å². The number of benzene rings is 4. The van der Waals surface area contributed by atoms with Crippen LogP contribution in [0.3, 0.4) is 0 Å². The predicted octanol–water partition coefficient (Wildman–Crippen LogP) is 6.92. The van der Waals surface area contributed by atoms with Gasteiger partial charge in [-0.1, -0.05) is 95.5 Å². The predicted molar refractivity (Wildman–Crippen MR) is 163 cm³/mol. The minimum Gasteiger partial charge on any atom is -0.489 e. The molecule has 0 bridgehead atoms. The molecule has 0 heterocycles. The lowest BCUT2D eigenvalue weighted by Gasteiger charge is -2.26. The maximum atomic E-state index is 11.5. The van der Waals surface area contributed by atoms with Crippen LogP contribution >= 0.6 is 11.6 Å². The molecule has 1 atom stereocenters. The Hall–Kier alpha value is -3.84. The Bertz CT molecular complexity index is 1460. The molecule has 4 aromatic carbocycles. The maximum absolute atomic E-state index is 11.5. The molecule has 7 heteroatoms. The van der Waals surface area contributed by atoms with Crippen LogP contribution in [0.2, 0.25) is 5.02 Å². The first kappa shape index (κ1) is 30.1. The zero-order chi connectivity index (χ0) is 29.2. The SMILES string of the molecule is Cc1cccc(COc2ccccc2CN(CCC(N)C(=O)O)Cc2c(Cl)cccc2OCc2cccc(C)c2)c1. The molecular weight excluding hydrogens is 536 g/mol. The smallest absolute Gasteiger partial charge is 0.320 e. The highest BCUT2D eigenvalue weighted by Crippen LogP contribution is 2.30. The molecule has 0 radical (unpaired) electrons. The summed E-state index contributed by atoms with van der Waals surface area (Å²) >= 11 is 6.71. The molecule has 0 amide bonds. The van der Waals surface area contributed by atoms with E-state index in [2.05, 4.69) is 43.0 Å². The Morgan fingerprint density at radius 2 is 1.41 bits per heavy atom. The summed E-state index contributed by atoms with van der Waals surface area (Å²) < 4.78 is 12.5. The van der Waals surface area contributed by atoms with Crippen LogP contribution in [0, 0.1) is 13.8 Å².